The Kier molecular flexibility index (Phi) is 6.24. The first-order valence-corrected chi connectivity index (χ1v) is 7.53. The Hall–Kier alpha value is -2.75. The second-order valence-electron chi connectivity index (χ2n) is 4.99. The van der Waals surface area contributed by atoms with E-state index in [1.165, 1.54) is 6.08 Å². The fourth-order valence-corrected chi connectivity index (χ4v) is 1.98. The minimum atomic E-state index is -0.995. The molecule has 0 aromatic heterocycles. The van der Waals surface area contributed by atoms with Crippen LogP contribution in [0.15, 0.2) is 54.6 Å². The van der Waals surface area contributed by atoms with Gasteiger partial charge >= 0.3 is 5.97 Å². The Balaban J connectivity index is 2.18. The molecule has 2 rings (SSSR count). The lowest BCUT2D eigenvalue weighted by Gasteiger charge is -2.12. The van der Waals surface area contributed by atoms with Gasteiger partial charge in [0, 0.05) is 17.7 Å². The van der Waals surface area contributed by atoms with Crippen molar-refractivity contribution >= 4 is 12.0 Å². The van der Waals surface area contributed by atoms with Crippen molar-refractivity contribution in [3.63, 3.8) is 0 Å². The van der Waals surface area contributed by atoms with Crippen LogP contribution in [0.3, 0.4) is 0 Å². The van der Waals surface area contributed by atoms with Crippen molar-refractivity contribution in [2.75, 3.05) is 6.61 Å². The number of aliphatic carboxylic acids is 1. The molecule has 2 aromatic carbocycles. The van der Waals surface area contributed by atoms with Crippen LogP contribution in [-0.2, 0) is 11.4 Å². The van der Waals surface area contributed by atoms with Crippen molar-refractivity contribution in [3.05, 3.63) is 65.7 Å². The van der Waals surface area contributed by atoms with Gasteiger partial charge in [-0.2, -0.15) is 0 Å². The van der Waals surface area contributed by atoms with Crippen LogP contribution >= 0.6 is 0 Å². The van der Waals surface area contributed by atoms with Crippen molar-refractivity contribution in [1.29, 1.82) is 0 Å². The number of carboxylic acid groups (broad SMARTS) is 1. The Labute approximate surface area is 136 Å². The summed E-state index contributed by atoms with van der Waals surface area (Å²) in [5.74, 6) is 0.313. The largest absolute Gasteiger partial charge is 0.493 e. The summed E-state index contributed by atoms with van der Waals surface area (Å²) >= 11 is 0. The van der Waals surface area contributed by atoms with Gasteiger partial charge in [0.05, 0.1) is 6.61 Å². The number of ether oxygens (including phenoxy) is 2. The van der Waals surface area contributed by atoms with Gasteiger partial charge in [0.15, 0.2) is 0 Å². The molecule has 0 atom stereocenters. The van der Waals surface area contributed by atoms with E-state index in [9.17, 15) is 4.79 Å². The molecule has 0 bridgehead atoms. The summed E-state index contributed by atoms with van der Waals surface area (Å²) in [5, 5.41) is 8.79. The molecule has 0 aliphatic carbocycles. The Morgan fingerprint density at radius 2 is 1.91 bits per heavy atom. The number of hydrogen-bond donors (Lipinski definition) is 1. The van der Waals surface area contributed by atoms with Crippen molar-refractivity contribution in [3.8, 4) is 11.5 Å². The fraction of sp³-hybridized carbons (Fsp3) is 0.211. The Morgan fingerprint density at radius 1 is 1.13 bits per heavy atom. The molecular formula is C19H20O4. The Morgan fingerprint density at radius 3 is 2.61 bits per heavy atom. The van der Waals surface area contributed by atoms with Gasteiger partial charge in [0.25, 0.3) is 0 Å². The predicted octanol–water partition coefficient (Wildman–Crippen LogP) is 4.15. The van der Waals surface area contributed by atoms with Gasteiger partial charge in [-0.15, -0.1) is 0 Å². The van der Waals surface area contributed by atoms with Crippen molar-refractivity contribution < 1.29 is 19.4 Å². The van der Waals surface area contributed by atoms with Gasteiger partial charge in [-0.05, 0) is 30.2 Å². The lowest BCUT2D eigenvalue weighted by molar-refractivity contribution is -0.131. The highest BCUT2D eigenvalue weighted by Gasteiger charge is 2.05. The molecule has 23 heavy (non-hydrogen) atoms. The van der Waals surface area contributed by atoms with Crippen LogP contribution in [0.4, 0.5) is 0 Å². The molecule has 120 valence electrons. The van der Waals surface area contributed by atoms with Gasteiger partial charge in [0.2, 0.25) is 0 Å². The number of carboxylic acids is 1. The average molecular weight is 312 g/mol. The van der Waals surface area contributed by atoms with Crippen LogP contribution < -0.4 is 9.47 Å². The molecule has 0 fully saturated rings. The zero-order valence-electron chi connectivity index (χ0n) is 13.1. The molecule has 0 saturated carbocycles. The lowest BCUT2D eigenvalue weighted by Crippen LogP contribution is -1.99. The maximum Gasteiger partial charge on any atom is 0.328 e. The molecule has 0 radical (unpaired) electrons. The van der Waals surface area contributed by atoms with Crippen molar-refractivity contribution in [2.24, 2.45) is 0 Å². The smallest absolute Gasteiger partial charge is 0.328 e. The van der Waals surface area contributed by atoms with Gasteiger partial charge in [-0.3, -0.25) is 0 Å². The van der Waals surface area contributed by atoms with E-state index in [0.29, 0.717) is 30.3 Å². The zero-order chi connectivity index (χ0) is 16.5. The molecule has 4 heteroatoms. The van der Waals surface area contributed by atoms with Crippen LogP contribution in [0.2, 0.25) is 0 Å². The summed E-state index contributed by atoms with van der Waals surface area (Å²) in [7, 11) is 0. The first-order chi connectivity index (χ1) is 11.2. The zero-order valence-corrected chi connectivity index (χ0v) is 13.1. The molecule has 0 spiro atoms. The molecule has 0 aliphatic rings. The molecule has 2 aromatic rings. The van der Waals surface area contributed by atoms with E-state index in [1.807, 2.05) is 43.3 Å². The van der Waals surface area contributed by atoms with Gasteiger partial charge < -0.3 is 14.6 Å². The Bertz CT molecular complexity index is 662. The van der Waals surface area contributed by atoms with Crippen molar-refractivity contribution in [1.82, 2.24) is 0 Å². The highest BCUT2D eigenvalue weighted by Crippen LogP contribution is 2.27. The van der Waals surface area contributed by atoms with E-state index in [4.69, 9.17) is 14.6 Å². The molecule has 4 nitrogen and oxygen atoms in total. The third-order valence-electron chi connectivity index (χ3n) is 3.10. The molecule has 0 amide bonds. The molecule has 0 saturated heterocycles. The van der Waals surface area contributed by atoms with Gasteiger partial charge in [-0.1, -0.05) is 37.3 Å². The van der Waals surface area contributed by atoms with E-state index >= 15 is 0 Å². The summed E-state index contributed by atoms with van der Waals surface area (Å²) in [6.45, 7) is 3.07. The monoisotopic (exact) mass is 312 g/mol. The number of hydrogen-bond acceptors (Lipinski definition) is 3. The molecule has 0 aliphatic heterocycles. The first kappa shape index (κ1) is 16.6. The minimum absolute atomic E-state index is 0.409. The highest BCUT2D eigenvalue weighted by atomic mass is 16.5. The van der Waals surface area contributed by atoms with Crippen LogP contribution in [0.25, 0.3) is 6.08 Å². The number of benzene rings is 2. The maximum absolute atomic E-state index is 10.7. The third kappa shape index (κ3) is 5.51. The second-order valence-corrected chi connectivity index (χ2v) is 4.99. The second kappa shape index (κ2) is 8.63. The third-order valence-corrected chi connectivity index (χ3v) is 3.10. The van der Waals surface area contributed by atoms with Crippen molar-refractivity contribution in [2.45, 2.75) is 20.0 Å². The van der Waals surface area contributed by atoms with E-state index in [0.717, 1.165) is 18.1 Å². The first-order valence-electron chi connectivity index (χ1n) is 7.53. The molecule has 0 heterocycles. The summed E-state index contributed by atoms with van der Waals surface area (Å²) in [5.41, 5.74) is 1.74. The molecule has 0 unspecified atom stereocenters. The summed E-state index contributed by atoms with van der Waals surface area (Å²) < 4.78 is 11.5. The van der Waals surface area contributed by atoms with Gasteiger partial charge in [0.1, 0.15) is 18.1 Å². The van der Waals surface area contributed by atoms with E-state index in [-0.39, 0.29) is 0 Å². The summed E-state index contributed by atoms with van der Waals surface area (Å²) in [6.07, 6.45) is 3.53. The number of carbonyl (C=O) groups is 1. The number of rotatable bonds is 8. The molecule has 1 N–H and O–H groups in total. The normalized spacial score (nSPS) is 10.7. The van der Waals surface area contributed by atoms with E-state index in [1.54, 1.807) is 12.1 Å². The lowest BCUT2D eigenvalue weighted by atomic mass is 10.1. The van der Waals surface area contributed by atoms with Crippen LogP contribution in [-0.4, -0.2) is 17.7 Å². The average Bonchev–Trinajstić information content (AvgIpc) is 2.57. The standard InChI is InChI=1S/C19H20O4/c1-2-12-22-17-10-8-16(9-11-19(20)21)18(13-17)23-14-15-6-4-3-5-7-15/h3-11,13H,2,12,14H2,1H3,(H,20,21)/b11-9+. The molecular weight excluding hydrogens is 292 g/mol. The van der Waals surface area contributed by atoms with E-state index in [2.05, 4.69) is 0 Å². The predicted molar refractivity (Wildman–Crippen MR) is 89.7 cm³/mol. The fourth-order valence-electron chi connectivity index (χ4n) is 1.98. The van der Waals surface area contributed by atoms with Crippen LogP contribution in [0, 0.1) is 0 Å². The van der Waals surface area contributed by atoms with Gasteiger partial charge in [-0.25, -0.2) is 4.79 Å². The van der Waals surface area contributed by atoms with Crippen LogP contribution in [0.1, 0.15) is 24.5 Å². The van der Waals surface area contributed by atoms with Crippen LogP contribution in [0.5, 0.6) is 11.5 Å². The maximum atomic E-state index is 10.7. The highest BCUT2D eigenvalue weighted by molar-refractivity contribution is 5.86. The summed E-state index contributed by atoms with van der Waals surface area (Å²) in [4.78, 5) is 10.7. The quantitative estimate of drug-likeness (QED) is 0.744. The topological polar surface area (TPSA) is 55.8 Å². The van der Waals surface area contributed by atoms with E-state index < -0.39 is 5.97 Å². The SMILES string of the molecule is CCCOc1ccc(/C=C/C(=O)O)c(OCc2ccccc2)c1. The minimum Gasteiger partial charge on any atom is -0.493 e. The summed E-state index contributed by atoms with van der Waals surface area (Å²) in [6, 6.07) is 15.2.